The van der Waals surface area contributed by atoms with Gasteiger partial charge in [-0.15, -0.1) is 0 Å². The summed E-state index contributed by atoms with van der Waals surface area (Å²) >= 11 is 0. The molecule has 0 aliphatic carbocycles. The van der Waals surface area contributed by atoms with Crippen molar-refractivity contribution in [2.75, 3.05) is 0 Å². The normalized spacial score (nSPS) is 13.1. The smallest absolute Gasteiger partial charge is 0.126 e. The van der Waals surface area contributed by atoms with Crippen molar-refractivity contribution in [1.29, 1.82) is 0 Å². The fourth-order valence-electron chi connectivity index (χ4n) is 1.59. The Labute approximate surface area is 87.2 Å². The molecule has 0 aliphatic rings. The molecule has 0 saturated carbocycles. The highest BCUT2D eigenvalue weighted by atomic mass is 19.1. The topological polar surface area (TPSA) is 51.8 Å². The van der Waals surface area contributed by atoms with Gasteiger partial charge in [-0.1, -0.05) is 0 Å². The standard InChI is InChI=1S/C11H12FN3/c1-6(13)11-9-4-3-8(12)5-10(9)14-7(2)15-11/h3-6H,13H2,1-2H3. The van der Waals surface area contributed by atoms with Gasteiger partial charge in [0.05, 0.1) is 11.2 Å². The molecule has 78 valence electrons. The van der Waals surface area contributed by atoms with Crippen molar-refractivity contribution < 1.29 is 4.39 Å². The van der Waals surface area contributed by atoms with Crippen molar-refractivity contribution in [3.8, 4) is 0 Å². The lowest BCUT2D eigenvalue weighted by atomic mass is 10.1. The van der Waals surface area contributed by atoms with Crippen LogP contribution in [0.5, 0.6) is 0 Å². The molecule has 1 unspecified atom stereocenters. The maximum Gasteiger partial charge on any atom is 0.126 e. The Morgan fingerprint density at radius 3 is 2.73 bits per heavy atom. The number of nitrogens with two attached hydrogens (primary N) is 1. The van der Waals surface area contributed by atoms with Crippen molar-refractivity contribution >= 4 is 10.9 Å². The van der Waals surface area contributed by atoms with Crippen LogP contribution < -0.4 is 5.73 Å². The maximum atomic E-state index is 13.0. The van der Waals surface area contributed by atoms with E-state index in [4.69, 9.17) is 5.73 Å². The summed E-state index contributed by atoms with van der Waals surface area (Å²) in [7, 11) is 0. The lowest BCUT2D eigenvalue weighted by Crippen LogP contribution is -2.10. The van der Waals surface area contributed by atoms with E-state index < -0.39 is 0 Å². The van der Waals surface area contributed by atoms with Gasteiger partial charge < -0.3 is 5.73 Å². The summed E-state index contributed by atoms with van der Waals surface area (Å²) in [6.07, 6.45) is 0. The number of benzene rings is 1. The molecule has 0 aliphatic heterocycles. The molecule has 0 spiro atoms. The highest BCUT2D eigenvalue weighted by Crippen LogP contribution is 2.20. The van der Waals surface area contributed by atoms with Gasteiger partial charge in [-0.2, -0.15) is 0 Å². The Hall–Kier alpha value is -1.55. The van der Waals surface area contributed by atoms with Crippen LogP contribution in [0.2, 0.25) is 0 Å². The number of nitrogens with zero attached hydrogens (tertiary/aromatic N) is 2. The number of halogens is 1. The van der Waals surface area contributed by atoms with Gasteiger partial charge in [0.1, 0.15) is 11.6 Å². The molecular formula is C11H12FN3. The van der Waals surface area contributed by atoms with Gasteiger partial charge >= 0.3 is 0 Å². The second-order valence-corrected chi connectivity index (χ2v) is 3.61. The van der Waals surface area contributed by atoms with Crippen LogP contribution in [0.15, 0.2) is 18.2 Å². The highest BCUT2D eigenvalue weighted by molar-refractivity contribution is 5.81. The van der Waals surface area contributed by atoms with E-state index in [1.807, 2.05) is 6.92 Å². The van der Waals surface area contributed by atoms with E-state index in [-0.39, 0.29) is 11.9 Å². The summed E-state index contributed by atoms with van der Waals surface area (Å²) in [6.45, 7) is 3.63. The number of hydrogen-bond acceptors (Lipinski definition) is 3. The van der Waals surface area contributed by atoms with Crippen LogP contribution in [0.1, 0.15) is 24.5 Å². The lowest BCUT2D eigenvalue weighted by molar-refractivity contribution is 0.629. The predicted molar refractivity (Wildman–Crippen MR) is 56.8 cm³/mol. The molecule has 1 atom stereocenters. The summed E-state index contributed by atoms with van der Waals surface area (Å²) < 4.78 is 13.0. The number of aromatic nitrogens is 2. The van der Waals surface area contributed by atoms with Crippen molar-refractivity contribution in [2.45, 2.75) is 19.9 Å². The van der Waals surface area contributed by atoms with Crippen molar-refractivity contribution in [3.05, 3.63) is 35.5 Å². The van der Waals surface area contributed by atoms with Gasteiger partial charge in [0, 0.05) is 17.5 Å². The van der Waals surface area contributed by atoms with Crippen molar-refractivity contribution in [3.63, 3.8) is 0 Å². The first-order valence-corrected chi connectivity index (χ1v) is 4.77. The molecule has 1 heterocycles. The number of aryl methyl sites for hydroxylation is 1. The SMILES string of the molecule is Cc1nc(C(C)N)c2ccc(F)cc2n1. The molecule has 0 amide bonds. The van der Waals surface area contributed by atoms with E-state index in [1.54, 1.807) is 13.0 Å². The largest absolute Gasteiger partial charge is 0.323 e. The van der Waals surface area contributed by atoms with E-state index in [0.29, 0.717) is 11.3 Å². The molecule has 1 aromatic heterocycles. The van der Waals surface area contributed by atoms with Gasteiger partial charge in [0.15, 0.2) is 0 Å². The van der Waals surface area contributed by atoms with Crippen LogP contribution in [-0.4, -0.2) is 9.97 Å². The molecule has 1 aromatic carbocycles. The van der Waals surface area contributed by atoms with E-state index in [0.717, 1.165) is 11.1 Å². The average molecular weight is 205 g/mol. The number of fused-ring (bicyclic) bond motifs is 1. The second kappa shape index (κ2) is 3.55. The third-order valence-electron chi connectivity index (χ3n) is 2.23. The second-order valence-electron chi connectivity index (χ2n) is 3.61. The molecule has 3 nitrogen and oxygen atoms in total. The molecule has 0 bridgehead atoms. The van der Waals surface area contributed by atoms with Crippen LogP contribution in [0, 0.1) is 12.7 Å². The summed E-state index contributed by atoms with van der Waals surface area (Å²) in [4.78, 5) is 8.44. The zero-order valence-corrected chi connectivity index (χ0v) is 8.66. The van der Waals surface area contributed by atoms with Gasteiger partial charge in [0.2, 0.25) is 0 Å². The Balaban J connectivity index is 2.80. The quantitative estimate of drug-likeness (QED) is 0.775. The monoisotopic (exact) mass is 205 g/mol. The molecule has 0 fully saturated rings. The minimum atomic E-state index is -0.295. The first-order chi connectivity index (χ1) is 7.08. The predicted octanol–water partition coefficient (Wildman–Crippen LogP) is 2.10. The fraction of sp³-hybridized carbons (Fsp3) is 0.273. The maximum absolute atomic E-state index is 13.0. The Morgan fingerprint density at radius 2 is 2.07 bits per heavy atom. The van der Waals surface area contributed by atoms with E-state index >= 15 is 0 Å². The summed E-state index contributed by atoms with van der Waals surface area (Å²) in [5.74, 6) is 0.316. The number of hydrogen-bond donors (Lipinski definition) is 1. The Morgan fingerprint density at radius 1 is 1.33 bits per heavy atom. The van der Waals surface area contributed by atoms with Crippen LogP contribution in [-0.2, 0) is 0 Å². The van der Waals surface area contributed by atoms with E-state index in [9.17, 15) is 4.39 Å². The van der Waals surface area contributed by atoms with E-state index in [2.05, 4.69) is 9.97 Å². The minimum Gasteiger partial charge on any atom is -0.323 e. The van der Waals surface area contributed by atoms with Gasteiger partial charge in [-0.3, -0.25) is 0 Å². The Kier molecular flexibility index (Phi) is 2.36. The number of rotatable bonds is 1. The zero-order valence-electron chi connectivity index (χ0n) is 8.66. The fourth-order valence-corrected chi connectivity index (χ4v) is 1.59. The third kappa shape index (κ3) is 1.80. The van der Waals surface area contributed by atoms with Crippen LogP contribution in [0.4, 0.5) is 4.39 Å². The van der Waals surface area contributed by atoms with Crippen LogP contribution in [0.3, 0.4) is 0 Å². The molecular weight excluding hydrogens is 193 g/mol. The van der Waals surface area contributed by atoms with Crippen LogP contribution >= 0.6 is 0 Å². The van der Waals surface area contributed by atoms with Crippen molar-refractivity contribution in [1.82, 2.24) is 9.97 Å². The summed E-state index contributed by atoms with van der Waals surface area (Å²) in [6, 6.07) is 4.28. The first kappa shape index (κ1) is 9.98. The van der Waals surface area contributed by atoms with Gasteiger partial charge in [-0.25, -0.2) is 14.4 Å². The molecule has 0 radical (unpaired) electrons. The summed E-state index contributed by atoms with van der Waals surface area (Å²) in [5, 5.41) is 0.817. The molecule has 2 aromatic rings. The molecule has 2 N–H and O–H groups in total. The third-order valence-corrected chi connectivity index (χ3v) is 2.23. The van der Waals surface area contributed by atoms with Crippen LogP contribution in [0.25, 0.3) is 10.9 Å². The van der Waals surface area contributed by atoms with E-state index in [1.165, 1.54) is 12.1 Å². The molecule has 4 heteroatoms. The average Bonchev–Trinajstić information content (AvgIpc) is 2.15. The Bertz CT molecular complexity index is 503. The molecule has 15 heavy (non-hydrogen) atoms. The summed E-state index contributed by atoms with van der Waals surface area (Å²) in [5.41, 5.74) is 7.17. The first-order valence-electron chi connectivity index (χ1n) is 4.77. The van der Waals surface area contributed by atoms with Gasteiger partial charge in [0.25, 0.3) is 0 Å². The van der Waals surface area contributed by atoms with Gasteiger partial charge in [-0.05, 0) is 26.0 Å². The minimum absolute atomic E-state index is 0.181. The lowest BCUT2D eigenvalue weighted by Gasteiger charge is -2.09. The zero-order chi connectivity index (χ0) is 11.0. The van der Waals surface area contributed by atoms with Crippen molar-refractivity contribution in [2.24, 2.45) is 5.73 Å². The highest BCUT2D eigenvalue weighted by Gasteiger charge is 2.09. The molecule has 2 rings (SSSR count). The molecule has 0 saturated heterocycles.